The number of amides is 1. The molecule has 0 saturated heterocycles. The number of benzene rings is 2. The Morgan fingerprint density at radius 3 is 2.40 bits per heavy atom. The van der Waals surface area contributed by atoms with Gasteiger partial charge in [0.25, 0.3) is 5.91 Å². The van der Waals surface area contributed by atoms with E-state index in [0.29, 0.717) is 0 Å². The summed E-state index contributed by atoms with van der Waals surface area (Å²) in [7, 11) is 0. The van der Waals surface area contributed by atoms with Crippen molar-refractivity contribution >= 4 is 28.5 Å². The van der Waals surface area contributed by atoms with Gasteiger partial charge >= 0.3 is 0 Å². The van der Waals surface area contributed by atoms with Crippen molar-refractivity contribution in [2.45, 2.75) is 26.3 Å². The second-order valence-electron chi connectivity index (χ2n) is 4.77. The van der Waals surface area contributed by atoms with E-state index in [2.05, 4.69) is 59.1 Å². The molecule has 3 heteroatoms. The van der Waals surface area contributed by atoms with Crippen LogP contribution in [0, 0.1) is 3.57 Å². The van der Waals surface area contributed by atoms with Crippen LogP contribution < -0.4 is 5.32 Å². The maximum absolute atomic E-state index is 12.3. The zero-order valence-electron chi connectivity index (χ0n) is 11.7. The molecule has 0 heterocycles. The van der Waals surface area contributed by atoms with Gasteiger partial charge in [-0.1, -0.05) is 43.3 Å². The molecule has 1 amide bonds. The fraction of sp³-hybridized carbons (Fsp3) is 0.235. The van der Waals surface area contributed by atoms with Gasteiger partial charge in [0.1, 0.15) is 0 Å². The molecular formula is C17H18INO. The quantitative estimate of drug-likeness (QED) is 0.787. The minimum absolute atomic E-state index is 0.00409. The van der Waals surface area contributed by atoms with Gasteiger partial charge in [-0.3, -0.25) is 4.79 Å². The number of carbonyl (C=O) groups is 1. The van der Waals surface area contributed by atoms with Crippen LogP contribution in [0.1, 0.15) is 41.4 Å². The summed E-state index contributed by atoms with van der Waals surface area (Å²) in [5.41, 5.74) is 3.16. The van der Waals surface area contributed by atoms with Crippen molar-refractivity contribution in [1.82, 2.24) is 5.32 Å². The van der Waals surface area contributed by atoms with E-state index in [4.69, 9.17) is 0 Å². The first kappa shape index (κ1) is 15.0. The van der Waals surface area contributed by atoms with Gasteiger partial charge in [0.15, 0.2) is 0 Å². The Bertz CT molecular complexity index is 592. The summed E-state index contributed by atoms with van der Waals surface area (Å²) in [5, 5.41) is 3.05. The van der Waals surface area contributed by atoms with Crippen LogP contribution in [0.15, 0.2) is 48.5 Å². The first-order chi connectivity index (χ1) is 9.61. The molecule has 0 fully saturated rings. The van der Waals surface area contributed by atoms with Crippen LogP contribution in [-0.2, 0) is 6.42 Å². The van der Waals surface area contributed by atoms with E-state index in [0.717, 1.165) is 21.1 Å². The number of nitrogens with one attached hydrogen (secondary N) is 1. The second kappa shape index (κ2) is 6.88. The van der Waals surface area contributed by atoms with Gasteiger partial charge in [0, 0.05) is 3.57 Å². The van der Waals surface area contributed by atoms with Gasteiger partial charge in [0.2, 0.25) is 0 Å². The highest BCUT2D eigenvalue weighted by molar-refractivity contribution is 14.1. The largest absolute Gasteiger partial charge is 0.345 e. The second-order valence-corrected chi connectivity index (χ2v) is 5.93. The molecule has 20 heavy (non-hydrogen) atoms. The number of carbonyl (C=O) groups excluding carboxylic acids is 1. The summed E-state index contributed by atoms with van der Waals surface area (Å²) in [6.45, 7) is 4.15. The van der Waals surface area contributed by atoms with Crippen LogP contribution in [0.2, 0.25) is 0 Å². The third-order valence-electron chi connectivity index (χ3n) is 3.35. The van der Waals surface area contributed by atoms with Crippen molar-refractivity contribution in [2.75, 3.05) is 0 Å². The van der Waals surface area contributed by atoms with Crippen molar-refractivity contribution in [3.63, 3.8) is 0 Å². The van der Waals surface area contributed by atoms with Crippen molar-refractivity contribution < 1.29 is 4.79 Å². The molecule has 0 aliphatic rings. The van der Waals surface area contributed by atoms with Crippen molar-refractivity contribution in [2.24, 2.45) is 0 Å². The maximum atomic E-state index is 12.3. The average Bonchev–Trinajstić information content (AvgIpc) is 2.47. The number of hydrogen-bond donors (Lipinski definition) is 1. The highest BCUT2D eigenvalue weighted by Gasteiger charge is 2.13. The standard InChI is InChI=1S/C17H18INO/c1-3-13-8-10-14(11-9-13)12(2)19-17(20)15-6-4-5-7-16(15)18/h4-12H,3H2,1-2H3,(H,19,20). The first-order valence-corrected chi connectivity index (χ1v) is 7.84. The van der Waals surface area contributed by atoms with Crippen LogP contribution in [0.3, 0.4) is 0 Å². The Hall–Kier alpha value is -1.36. The molecule has 0 aromatic heterocycles. The number of aryl methyl sites for hydroxylation is 1. The van der Waals surface area contributed by atoms with E-state index < -0.39 is 0 Å². The number of rotatable bonds is 4. The van der Waals surface area contributed by atoms with E-state index in [-0.39, 0.29) is 11.9 Å². The van der Waals surface area contributed by atoms with Crippen LogP contribution in [0.25, 0.3) is 0 Å². The summed E-state index contributed by atoms with van der Waals surface area (Å²) < 4.78 is 0.969. The summed E-state index contributed by atoms with van der Waals surface area (Å²) in [6.07, 6.45) is 1.03. The molecule has 0 radical (unpaired) electrons. The summed E-state index contributed by atoms with van der Waals surface area (Å²) >= 11 is 2.19. The predicted octanol–water partition coefficient (Wildman–Crippen LogP) is 4.34. The lowest BCUT2D eigenvalue weighted by Gasteiger charge is -2.15. The van der Waals surface area contributed by atoms with Gasteiger partial charge in [0.05, 0.1) is 11.6 Å². The van der Waals surface area contributed by atoms with Gasteiger partial charge in [-0.25, -0.2) is 0 Å². The molecule has 1 N–H and O–H groups in total. The average molecular weight is 379 g/mol. The lowest BCUT2D eigenvalue weighted by Crippen LogP contribution is -2.27. The molecule has 104 valence electrons. The molecule has 0 saturated carbocycles. The highest BCUT2D eigenvalue weighted by atomic mass is 127. The molecule has 0 aliphatic heterocycles. The topological polar surface area (TPSA) is 29.1 Å². The predicted molar refractivity (Wildman–Crippen MR) is 90.9 cm³/mol. The molecule has 2 aromatic rings. The van der Waals surface area contributed by atoms with E-state index in [9.17, 15) is 4.79 Å². The number of hydrogen-bond acceptors (Lipinski definition) is 1. The molecule has 0 bridgehead atoms. The molecule has 0 aliphatic carbocycles. The Balaban J connectivity index is 2.09. The smallest absolute Gasteiger partial charge is 0.252 e. The van der Waals surface area contributed by atoms with Gasteiger partial charge in [-0.05, 0) is 59.2 Å². The zero-order valence-corrected chi connectivity index (χ0v) is 13.8. The summed E-state index contributed by atoms with van der Waals surface area (Å²) in [4.78, 5) is 12.3. The Labute approximate surface area is 133 Å². The van der Waals surface area contributed by atoms with Crippen LogP contribution >= 0.6 is 22.6 Å². The first-order valence-electron chi connectivity index (χ1n) is 6.76. The van der Waals surface area contributed by atoms with E-state index in [1.165, 1.54) is 5.56 Å². The van der Waals surface area contributed by atoms with Gasteiger partial charge in [-0.2, -0.15) is 0 Å². The minimum atomic E-state index is -0.0259. The molecule has 2 aromatic carbocycles. The highest BCUT2D eigenvalue weighted by Crippen LogP contribution is 2.16. The van der Waals surface area contributed by atoms with Crippen molar-refractivity contribution in [3.8, 4) is 0 Å². The monoisotopic (exact) mass is 379 g/mol. The van der Waals surface area contributed by atoms with Crippen molar-refractivity contribution in [1.29, 1.82) is 0 Å². The lowest BCUT2D eigenvalue weighted by molar-refractivity contribution is 0.0939. The SMILES string of the molecule is CCc1ccc(C(C)NC(=O)c2ccccc2I)cc1. The van der Waals surface area contributed by atoms with E-state index in [1.54, 1.807) is 0 Å². The van der Waals surface area contributed by atoms with Crippen molar-refractivity contribution in [3.05, 3.63) is 68.8 Å². The fourth-order valence-electron chi connectivity index (χ4n) is 2.05. The minimum Gasteiger partial charge on any atom is -0.345 e. The van der Waals surface area contributed by atoms with Gasteiger partial charge < -0.3 is 5.32 Å². The van der Waals surface area contributed by atoms with Gasteiger partial charge in [-0.15, -0.1) is 0 Å². The maximum Gasteiger partial charge on any atom is 0.252 e. The molecule has 2 rings (SSSR count). The zero-order chi connectivity index (χ0) is 14.5. The van der Waals surface area contributed by atoms with E-state index in [1.807, 2.05) is 31.2 Å². The Kier molecular flexibility index (Phi) is 5.17. The molecule has 2 nitrogen and oxygen atoms in total. The van der Waals surface area contributed by atoms with Crippen LogP contribution in [0.4, 0.5) is 0 Å². The normalized spacial score (nSPS) is 11.9. The molecule has 0 spiro atoms. The van der Waals surface area contributed by atoms with Crippen LogP contribution in [-0.4, -0.2) is 5.91 Å². The third-order valence-corrected chi connectivity index (χ3v) is 4.29. The fourth-order valence-corrected chi connectivity index (χ4v) is 2.68. The third kappa shape index (κ3) is 3.60. The Morgan fingerprint density at radius 1 is 1.15 bits per heavy atom. The summed E-state index contributed by atoms with van der Waals surface area (Å²) in [6, 6.07) is 16.0. The lowest BCUT2D eigenvalue weighted by atomic mass is 10.0. The molecule has 1 atom stereocenters. The van der Waals surface area contributed by atoms with Crippen LogP contribution in [0.5, 0.6) is 0 Å². The molecular weight excluding hydrogens is 361 g/mol. The number of halogens is 1. The summed E-state index contributed by atoms with van der Waals surface area (Å²) in [5.74, 6) is -0.0259. The molecule has 1 unspecified atom stereocenters. The van der Waals surface area contributed by atoms with E-state index >= 15 is 0 Å². The Morgan fingerprint density at radius 2 is 1.80 bits per heavy atom.